The van der Waals surface area contributed by atoms with Crippen molar-refractivity contribution in [3.63, 3.8) is 0 Å². The number of benzene rings is 2. The smallest absolute Gasteiger partial charge is 0.259 e. The molecule has 1 N–H and O–H groups in total. The molecule has 0 spiro atoms. The summed E-state index contributed by atoms with van der Waals surface area (Å²) in [7, 11) is 0. The molecule has 4 aromatic rings. The summed E-state index contributed by atoms with van der Waals surface area (Å²) in [6.07, 6.45) is 0. The summed E-state index contributed by atoms with van der Waals surface area (Å²) in [5, 5.41) is 4.05. The molecule has 2 aromatic carbocycles. The summed E-state index contributed by atoms with van der Waals surface area (Å²) >= 11 is 1.58. The monoisotopic (exact) mass is 350 g/mol. The average molecular weight is 350 g/mol. The zero-order chi connectivity index (χ0) is 17.4. The van der Waals surface area contributed by atoms with Crippen molar-refractivity contribution in [2.75, 3.05) is 5.32 Å². The number of aromatic nitrogens is 3. The Hall–Kier alpha value is -2.73. The van der Waals surface area contributed by atoms with Crippen molar-refractivity contribution < 1.29 is 4.74 Å². The number of fused-ring (bicyclic) bond motifs is 2. The van der Waals surface area contributed by atoms with Crippen LogP contribution in [0.4, 0.5) is 10.9 Å². The molecule has 25 heavy (non-hydrogen) atoms. The second-order valence-corrected chi connectivity index (χ2v) is 7.72. The minimum Gasteiger partial charge on any atom is -0.469 e. The molecule has 0 unspecified atom stereocenters. The maximum absolute atomic E-state index is 6.03. The van der Waals surface area contributed by atoms with Gasteiger partial charge in [0.15, 0.2) is 10.9 Å². The van der Waals surface area contributed by atoms with Gasteiger partial charge in [0.1, 0.15) is 5.60 Å². The van der Waals surface area contributed by atoms with Crippen LogP contribution in [0.5, 0.6) is 5.88 Å². The van der Waals surface area contributed by atoms with E-state index in [0.717, 1.165) is 26.4 Å². The van der Waals surface area contributed by atoms with E-state index in [2.05, 4.69) is 21.4 Å². The van der Waals surface area contributed by atoms with E-state index in [9.17, 15) is 0 Å². The zero-order valence-corrected chi connectivity index (χ0v) is 15.1. The lowest BCUT2D eigenvalue weighted by Gasteiger charge is -2.22. The third-order valence-electron chi connectivity index (χ3n) is 3.46. The summed E-state index contributed by atoms with van der Waals surface area (Å²) in [6, 6.07) is 15.8. The number of hydrogen-bond acceptors (Lipinski definition) is 6. The lowest BCUT2D eigenvalue weighted by Crippen LogP contribution is -2.24. The van der Waals surface area contributed by atoms with Crippen LogP contribution < -0.4 is 10.1 Å². The Morgan fingerprint density at radius 3 is 2.16 bits per heavy atom. The van der Waals surface area contributed by atoms with Crippen molar-refractivity contribution in [3.8, 4) is 5.88 Å². The van der Waals surface area contributed by atoms with Gasteiger partial charge in [-0.3, -0.25) is 0 Å². The molecule has 0 aliphatic heterocycles. The molecule has 0 amide bonds. The minimum absolute atomic E-state index is 0.374. The second kappa shape index (κ2) is 5.97. The Labute approximate surface area is 149 Å². The number of para-hydroxylation sites is 3. The molecule has 0 atom stereocenters. The van der Waals surface area contributed by atoms with Crippen LogP contribution in [0.1, 0.15) is 20.8 Å². The number of ether oxygens (including phenoxy) is 1. The summed E-state index contributed by atoms with van der Waals surface area (Å²) in [5.41, 5.74) is 2.20. The molecule has 0 fully saturated rings. The topological polar surface area (TPSA) is 59.9 Å². The van der Waals surface area contributed by atoms with Gasteiger partial charge in [0.25, 0.3) is 5.88 Å². The molecule has 0 aliphatic carbocycles. The van der Waals surface area contributed by atoms with Gasteiger partial charge in [-0.25, -0.2) is 15.0 Å². The van der Waals surface area contributed by atoms with Crippen LogP contribution in [0.3, 0.4) is 0 Å². The van der Waals surface area contributed by atoms with Crippen molar-refractivity contribution in [1.29, 1.82) is 0 Å². The molecular weight excluding hydrogens is 332 g/mol. The van der Waals surface area contributed by atoms with E-state index in [1.54, 1.807) is 11.3 Å². The molecule has 6 heteroatoms. The number of anilines is 2. The lowest BCUT2D eigenvalue weighted by molar-refractivity contribution is 0.125. The molecule has 0 bridgehead atoms. The maximum atomic E-state index is 6.03. The Morgan fingerprint density at radius 2 is 1.48 bits per heavy atom. The van der Waals surface area contributed by atoms with E-state index >= 15 is 0 Å². The first-order valence-electron chi connectivity index (χ1n) is 8.06. The van der Waals surface area contributed by atoms with Crippen LogP contribution in [-0.2, 0) is 0 Å². The van der Waals surface area contributed by atoms with E-state index in [-0.39, 0.29) is 5.60 Å². The molecular formula is C19H18N4OS. The highest BCUT2D eigenvalue weighted by molar-refractivity contribution is 7.22. The maximum Gasteiger partial charge on any atom is 0.259 e. The van der Waals surface area contributed by atoms with Gasteiger partial charge in [0, 0.05) is 0 Å². The SMILES string of the molecule is CC(C)(C)Oc1nc2ccccc2nc1Nc1nc2ccccc2s1. The lowest BCUT2D eigenvalue weighted by atomic mass is 10.2. The predicted octanol–water partition coefficient (Wildman–Crippen LogP) is 5.16. The summed E-state index contributed by atoms with van der Waals surface area (Å²) in [6.45, 7) is 5.97. The van der Waals surface area contributed by atoms with Gasteiger partial charge in [-0.2, -0.15) is 0 Å². The van der Waals surface area contributed by atoms with Crippen molar-refractivity contribution in [1.82, 2.24) is 15.0 Å². The third kappa shape index (κ3) is 3.39. The first-order chi connectivity index (χ1) is 12.0. The molecule has 0 aliphatic rings. The normalized spacial score (nSPS) is 11.8. The number of thiazole rings is 1. The van der Waals surface area contributed by atoms with E-state index in [1.807, 2.05) is 63.2 Å². The largest absolute Gasteiger partial charge is 0.469 e. The average Bonchev–Trinajstić information content (AvgIpc) is 2.96. The number of rotatable bonds is 3. The van der Waals surface area contributed by atoms with Gasteiger partial charge in [0.2, 0.25) is 0 Å². The summed E-state index contributed by atoms with van der Waals surface area (Å²) in [4.78, 5) is 13.9. The quantitative estimate of drug-likeness (QED) is 0.553. The zero-order valence-electron chi connectivity index (χ0n) is 14.3. The Bertz CT molecular complexity index is 1020. The highest BCUT2D eigenvalue weighted by atomic mass is 32.1. The van der Waals surface area contributed by atoms with Crippen molar-refractivity contribution in [2.45, 2.75) is 26.4 Å². The Balaban J connectivity index is 1.79. The van der Waals surface area contributed by atoms with Crippen LogP contribution >= 0.6 is 11.3 Å². The van der Waals surface area contributed by atoms with Gasteiger partial charge in [-0.15, -0.1) is 0 Å². The van der Waals surface area contributed by atoms with E-state index < -0.39 is 0 Å². The van der Waals surface area contributed by atoms with Gasteiger partial charge >= 0.3 is 0 Å². The molecule has 2 aromatic heterocycles. The number of nitrogens with zero attached hydrogens (tertiary/aromatic N) is 3. The Morgan fingerprint density at radius 1 is 0.840 bits per heavy atom. The van der Waals surface area contributed by atoms with Crippen molar-refractivity contribution in [2.24, 2.45) is 0 Å². The first-order valence-corrected chi connectivity index (χ1v) is 8.88. The summed E-state index contributed by atoms with van der Waals surface area (Å²) < 4.78 is 7.15. The molecule has 0 saturated carbocycles. The molecule has 126 valence electrons. The molecule has 0 saturated heterocycles. The van der Waals surface area contributed by atoms with Crippen molar-refractivity contribution >= 4 is 43.5 Å². The van der Waals surface area contributed by atoms with Gasteiger partial charge in [0.05, 0.1) is 21.3 Å². The van der Waals surface area contributed by atoms with Crippen LogP contribution in [0, 0.1) is 0 Å². The van der Waals surface area contributed by atoms with E-state index in [0.29, 0.717) is 11.7 Å². The fourth-order valence-corrected chi connectivity index (χ4v) is 3.32. The molecule has 0 radical (unpaired) electrons. The Kier molecular flexibility index (Phi) is 3.77. The standard InChI is InChI=1S/C19H18N4OS/c1-19(2,3)24-17-16(20-12-8-4-5-9-13(12)21-17)23-18-22-14-10-6-7-11-15(14)25-18/h4-11H,1-3H3,(H,20,22,23). The number of nitrogens with one attached hydrogen (secondary N) is 1. The molecule has 5 nitrogen and oxygen atoms in total. The van der Waals surface area contributed by atoms with Crippen LogP contribution in [0.15, 0.2) is 48.5 Å². The molecule has 2 heterocycles. The first kappa shape index (κ1) is 15.8. The van der Waals surface area contributed by atoms with E-state index in [1.165, 1.54) is 0 Å². The van der Waals surface area contributed by atoms with Crippen LogP contribution in [0.2, 0.25) is 0 Å². The fourth-order valence-electron chi connectivity index (χ4n) is 2.45. The summed E-state index contributed by atoms with van der Waals surface area (Å²) in [5.74, 6) is 1.05. The molecule has 4 rings (SSSR count). The van der Waals surface area contributed by atoms with Gasteiger partial charge in [-0.05, 0) is 45.0 Å². The van der Waals surface area contributed by atoms with Crippen LogP contribution in [-0.4, -0.2) is 20.6 Å². The highest BCUT2D eigenvalue weighted by Gasteiger charge is 2.19. The van der Waals surface area contributed by atoms with Crippen LogP contribution in [0.25, 0.3) is 21.3 Å². The highest BCUT2D eigenvalue weighted by Crippen LogP contribution is 2.32. The number of hydrogen-bond donors (Lipinski definition) is 1. The minimum atomic E-state index is -0.374. The van der Waals surface area contributed by atoms with E-state index in [4.69, 9.17) is 9.72 Å². The third-order valence-corrected chi connectivity index (χ3v) is 4.41. The second-order valence-electron chi connectivity index (χ2n) is 6.69. The van der Waals surface area contributed by atoms with Gasteiger partial charge in [-0.1, -0.05) is 35.6 Å². The van der Waals surface area contributed by atoms with Gasteiger partial charge < -0.3 is 10.1 Å². The fraction of sp³-hybridized carbons (Fsp3) is 0.211. The predicted molar refractivity (Wildman–Crippen MR) is 103 cm³/mol. The van der Waals surface area contributed by atoms with Crippen molar-refractivity contribution in [3.05, 3.63) is 48.5 Å².